The van der Waals surface area contributed by atoms with Crippen molar-refractivity contribution in [2.75, 3.05) is 6.26 Å². The van der Waals surface area contributed by atoms with E-state index in [1.165, 1.54) is 18.5 Å². The highest BCUT2D eigenvalue weighted by Gasteiger charge is 2.12. The molecule has 0 N–H and O–H groups in total. The van der Waals surface area contributed by atoms with E-state index in [1.54, 1.807) is 12.1 Å². The molecule has 0 atom stereocenters. The predicted molar refractivity (Wildman–Crippen MR) is 76.0 cm³/mol. The summed E-state index contributed by atoms with van der Waals surface area (Å²) >= 11 is 5.97. The number of rotatable bonds is 4. The first kappa shape index (κ1) is 14.7. The lowest BCUT2D eigenvalue weighted by atomic mass is 10.2. The SMILES string of the molecule is CCc1c(Cl)ncnc1Oc1cccc(S(C)(=O)=O)c1. The van der Waals surface area contributed by atoms with Gasteiger partial charge in [0.05, 0.1) is 10.5 Å². The summed E-state index contributed by atoms with van der Waals surface area (Å²) in [4.78, 5) is 8.11. The molecule has 0 aliphatic rings. The molecular formula is C13H13ClN2O3S. The Morgan fingerprint density at radius 3 is 2.70 bits per heavy atom. The maximum Gasteiger partial charge on any atom is 0.226 e. The minimum absolute atomic E-state index is 0.188. The van der Waals surface area contributed by atoms with Crippen LogP contribution in [-0.2, 0) is 16.3 Å². The molecule has 0 saturated heterocycles. The molecule has 106 valence electrons. The lowest BCUT2D eigenvalue weighted by Crippen LogP contribution is -1.99. The zero-order valence-electron chi connectivity index (χ0n) is 11.0. The van der Waals surface area contributed by atoms with Crippen LogP contribution in [0.3, 0.4) is 0 Å². The molecule has 0 radical (unpaired) electrons. The van der Waals surface area contributed by atoms with Gasteiger partial charge in [0.2, 0.25) is 5.88 Å². The highest BCUT2D eigenvalue weighted by Crippen LogP contribution is 2.28. The zero-order chi connectivity index (χ0) is 14.8. The minimum Gasteiger partial charge on any atom is -0.439 e. The van der Waals surface area contributed by atoms with Gasteiger partial charge < -0.3 is 4.74 Å². The Balaban J connectivity index is 2.38. The van der Waals surface area contributed by atoms with Gasteiger partial charge in [0, 0.05) is 6.26 Å². The van der Waals surface area contributed by atoms with Gasteiger partial charge in [0.15, 0.2) is 9.84 Å². The second-order valence-corrected chi connectivity index (χ2v) is 6.52. The van der Waals surface area contributed by atoms with Crippen LogP contribution in [0.15, 0.2) is 35.5 Å². The third-order valence-corrected chi connectivity index (χ3v) is 4.09. The fraction of sp³-hybridized carbons (Fsp3) is 0.231. The zero-order valence-corrected chi connectivity index (χ0v) is 12.6. The quantitative estimate of drug-likeness (QED) is 0.812. The number of hydrogen-bond donors (Lipinski definition) is 0. The van der Waals surface area contributed by atoms with Gasteiger partial charge >= 0.3 is 0 Å². The van der Waals surface area contributed by atoms with E-state index in [9.17, 15) is 8.42 Å². The maximum atomic E-state index is 11.5. The Morgan fingerprint density at radius 1 is 1.30 bits per heavy atom. The molecule has 20 heavy (non-hydrogen) atoms. The summed E-state index contributed by atoms with van der Waals surface area (Å²) in [7, 11) is -3.28. The second kappa shape index (κ2) is 5.76. The van der Waals surface area contributed by atoms with E-state index in [1.807, 2.05) is 6.92 Å². The standard InChI is InChI=1S/C13H13ClN2O3S/c1-3-11-12(14)15-8-16-13(11)19-9-5-4-6-10(7-9)20(2,17)18/h4-8H,3H2,1-2H3. The van der Waals surface area contributed by atoms with Crippen molar-refractivity contribution in [1.82, 2.24) is 9.97 Å². The molecule has 5 nitrogen and oxygen atoms in total. The molecule has 0 fully saturated rings. The van der Waals surface area contributed by atoms with Crippen molar-refractivity contribution in [2.45, 2.75) is 18.2 Å². The molecule has 2 aromatic rings. The minimum atomic E-state index is -3.28. The van der Waals surface area contributed by atoms with E-state index in [2.05, 4.69) is 9.97 Å². The van der Waals surface area contributed by atoms with E-state index < -0.39 is 9.84 Å². The molecule has 0 amide bonds. The van der Waals surface area contributed by atoms with Crippen LogP contribution in [0.5, 0.6) is 11.6 Å². The number of sulfone groups is 1. The van der Waals surface area contributed by atoms with Crippen molar-refractivity contribution >= 4 is 21.4 Å². The predicted octanol–water partition coefficient (Wildman–Crippen LogP) is 2.89. The van der Waals surface area contributed by atoms with Crippen LogP contribution in [0.2, 0.25) is 5.15 Å². The number of hydrogen-bond acceptors (Lipinski definition) is 5. The van der Waals surface area contributed by atoms with Crippen molar-refractivity contribution in [3.63, 3.8) is 0 Å². The van der Waals surface area contributed by atoms with Crippen LogP contribution in [0.25, 0.3) is 0 Å². The molecular weight excluding hydrogens is 300 g/mol. The molecule has 0 unspecified atom stereocenters. The first-order valence-electron chi connectivity index (χ1n) is 5.89. The third-order valence-electron chi connectivity index (χ3n) is 2.65. The van der Waals surface area contributed by atoms with Gasteiger partial charge in [-0.25, -0.2) is 18.4 Å². The van der Waals surface area contributed by atoms with Crippen LogP contribution >= 0.6 is 11.6 Å². The second-order valence-electron chi connectivity index (χ2n) is 4.15. The average molecular weight is 313 g/mol. The smallest absolute Gasteiger partial charge is 0.226 e. The summed E-state index contributed by atoms with van der Waals surface area (Å²) in [5, 5.41) is 0.330. The third kappa shape index (κ3) is 3.26. The number of ether oxygens (including phenoxy) is 1. The molecule has 0 spiro atoms. The van der Waals surface area contributed by atoms with Crippen molar-refractivity contribution in [2.24, 2.45) is 0 Å². The van der Waals surface area contributed by atoms with Gasteiger partial charge in [-0.2, -0.15) is 0 Å². The normalized spacial score (nSPS) is 11.3. The highest BCUT2D eigenvalue weighted by molar-refractivity contribution is 7.90. The molecule has 0 aliphatic heterocycles. The lowest BCUT2D eigenvalue weighted by molar-refractivity contribution is 0.453. The summed E-state index contributed by atoms with van der Waals surface area (Å²) in [5.74, 6) is 0.718. The largest absolute Gasteiger partial charge is 0.439 e. The lowest BCUT2D eigenvalue weighted by Gasteiger charge is -2.10. The van der Waals surface area contributed by atoms with E-state index in [0.29, 0.717) is 28.8 Å². The van der Waals surface area contributed by atoms with E-state index in [-0.39, 0.29) is 4.90 Å². The van der Waals surface area contributed by atoms with Gasteiger partial charge in [0.1, 0.15) is 17.2 Å². The Hall–Kier alpha value is -1.66. The average Bonchev–Trinajstić information content (AvgIpc) is 2.38. The van der Waals surface area contributed by atoms with Gasteiger partial charge in [-0.05, 0) is 24.6 Å². The Kier molecular flexibility index (Phi) is 4.25. The first-order chi connectivity index (χ1) is 9.41. The van der Waals surface area contributed by atoms with Crippen LogP contribution in [0, 0.1) is 0 Å². The highest BCUT2D eigenvalue weighted by atomic mass is 35.5. The summed E-state index contributed by atoms with van der Waals surface area (Å²) < 4.78 is 28.6. The topological polar surface area (TPSA) is 69.2 Å². The molecule has 0 aliphatic carbocycles. The van der Waals surface area contributed by atoms with Gasteiger partial charge in [0.25, 0.3) is 0 Å². The van der Waals surface area contributed by atoms with Crippen molar-refractivity contribution in [3.05, 3.63) is 41.3 Å². The fourth-order valence-electron chi connectivity index (χ4n) is 1.64. The van der Waals surface area contributed by atoms with Crippen molar-refractivity contribution in [1.29, 1.82) is 0 Å². The van der Waals surface area contributed by atoms with E-state index in [4.69, 9.17) is 16.3 Å². The van der Waals surface area contributed by atoms with Gasteiger partial charge in [-0.15, -0.1) is 0 Å². The molecule has 7 heteroatoms. The number of aromatic nitrogens is 2. The summed E-state index contributed by atoms with van der Waals surface area (Å²) in [5.41, 5.74) is 0.680. The monoisotopic (exact) mass is 312 g/mol. The Morgan fingerprint density at radius 2 is 2.05 bits per heavy atom. The van der Waals surface area contributed by atoms with Crippen LogP contribution in [-0.4, -0.2) is 24.6 Å². The van der Waals surface area contributed by atoms with Crippen LogP contribution in [0.4, 0.5) is 0 Å². The maximum absolute atomic E-state index is 11.5. The molecule has 0 bridgehead atoms. The summed E-state index contributed by atoms with van der Waals surface area (Å²) in [6.45, 7) is 1.91. The first-order valence-corrected chi connectivity index (χ1v) is 8.16. The Labute approximate surface area is 122 Å². The van der Waals surface area contributed by atoms with Crippen molar-refractivity contribution in [3.8, 4) is 11.6 Å². The van der Waals surface area contributed by atoms with E-state index in [0.717, 1.165) is 6.26 Å². The molecule has 1 aromatic heterocycles. The molecule has 2 rings (SSSR count). The summed E-state index contributed by atoms with van der Waals surface area (Å²) in [6, 6.07) is 6.23. The van der Waals surface area contributed by atoms with Gasteiger partial charge in [-0.1, -0.05) is 24.6 Å². The fourth-order valence-corrected chi connectivity index (χ4v) is 2.56. The molecule has 0 saturated carbocycles. The number of halogens is 1. The molecule has 1 heterocycles. The Bertz CT molecular complexity index is 732. The van der Waals surface area contributed by atoms with E-state index >= 15 is 0 Å². The summed E-state index contributed by atoms with van der Waals surface area (Å²) in [6.07, 6.45) is 3.06. The van der Waals surface area contributed by atoms with Crippen LogP contribution in [0.1, 0.15) is 12.5 Å². The van der Waals surface area contributed by atoms with Crippen molar-refractivity contribution < 1.29 is 13.2 Å². The number of benzene rings is 1. The molecule has 1 aromatic carbocycles. The van der Waals surface area contributed by atoms with Crippen LogP contribution < -0.4 is 4.74 Å². The number of nitrogens with zero attached hydrogens (tertiary/aromatic N) is 2. The van der Waals surface area contributed by atoms with Gasteiger partial charge in [-0.3, -0.25) is 0 Å².